The summed E-state index contributed by atoms with van der Waals surface area (Å²) in [4.78, 5) is 50.5. The molecule has 43 heavy (non-hydrogen) atoms. The van der Waals surface area contributed by atoms with Gasteiger partial charge in [-0.15, -0.1) is 11.8 Å². The van der Waals surface area contributed by atoms with Crippen LogP contribution in [0, 0.1) is 17.0 Å². The van der Waals surface area contributed by atoms with Crippen molar-refractivity contribution in [2.45, 2.75) is 30.4 Å². The summed E-state index contributed by atoms with van der Waals surface area (Å²) in [5.74, 6) is -1.16. The maximum absolute atomic E-state index is 13.5. The molecule has 4 aromatic carbocycles. The van der Waals surface area contributed by atoms with E-state index in [1.165, 1.54) is 36.0 Å². The number of hydrogen-bond acceptors (Lipinski definition) is 6. The second kappa shape index (κ2) is 14.6. The molecule has 10 heteroatoms. The van der Waals surface area contributed by atoms with E-state index in [2.05, 4.69) is 16.0 Å². The van der Waals surface area contributed by atoms with Gasteiger partial charge >= 0.3 is 0 Å². The number of nitrogens with zero attached hydrogens (tertiary/aromatic N) is 1. The van der Waals surface area contributed by atoms with Gasteiger partial charge in [0.15, 0.2) is 0 Å². The molecule has 0 heterocycles. The maximum Gasteiger partial charge on any atom is 0.272 e. The molecular weight excluding hydrogens is 564 g/mol. The largest absolute Gasteiger partial charge is 0.325 e. The number of carbonyl (C=O) groups excluding carboxylic acids is 3. The van der Waals surface area contributed by atoms with Gasteiger partial charge in [0, 0.05) is 34.0 Å². The normalized spacial score (nSPS) is 11.7. The van der Waals surface area contributed by atoms with Gasteiger partial charge in [-0.05, 0) is 73.0 Å². The molecule has 1 unspecified atom stereocenters. The van der Waals surface area contributed by atoms with Crippen LogP contribution in [0.1, 0.15) is 34.8 Å². The van der Waals surface area contributed by atoms with Gasteiger partial charge in [0.05, 0.1) is 10.2 Å². The molecule has 0 spiro atoms. The van der Waals surface area contributed by atoms with Gasteiger partial charge in [-0.25, -0.2) is 0 Å². The second-order valence-corrected chi connectivity index (χ2v) is 10.8. The van der Waals surface area contributed by atoms with Crippen LogP contribution in [0.2, 0.25) is 0 Å². The highest BCUT2D eigenvalue weighted by atomic mass is 32.2. The van der Waals surface area contributed by atoms with E-state index in [0.29, 0.717) is 23.4 Å². The molecule has 0 bridgehead atoms. The number of non-ortho nitro benzene ring substituents is 1. The van der Waals surface area contributed by atoms with Gasteiger partial charge in [-0.1, -0.05) is 55.5 Å². The van der Waals surface area contributed by atoms with Crippen LogP contribution in [0.5, 0.6) is 0 Å². The first-order valence-electron chi connectivity index (χ1n) is 13.5. The average Bonchev–Trinajstić information content (AvgIpc) is 3.01. The molecule has 0 aliphatic heterocycles. The zero-order valence-corrected chi connectivity index (χ0v) is 24.4. The topological polar surface area (TPSA) is 130 Å². The van der Waals surface area contributed by atoms with Gasteiger partial charge in [-0.2, -0.15) is 0 Å². The molecule has 218 valence electrons. The Morgan fingerprint density at radius 2 is 1.56 bits per heavy atom. The quantitative estimate of drug-likeness (QED) is 0.0756. The minimum Gasteiger partial charge on any atom is -0.325 e. The number of thioether (sulfide) groups is 1. The molecular formula is C33H30N4O5S. The molecule has 0 radical (unpaired) electrons. The Hall–Kier alpha value is -5.22. The molecule has 3 amide bonds. The fourth-order valence-electron chi connectivity index (χ4n) is 4.07. The summed E-state index contributed by atoms with van der Waals surface area (Å²) >= 11 is 1.33. The standard InChI is InChI=1S/C33H30N4O5S/c1-3-30(33(40)34-25-16-18-27(19-17-25)37(41)42)43-28-15-9-14-26(21-28)35-32(39)29(20-24-13-8-7-10-22(24)2)36-31(38)23-11-5-4-6-12-23/h4-21,30H,3H2,1-2H3,(H,34,40)(H,35,39)(H,36,38)/b29-20-. The Morgan fingerprint density at radius 3 is 2.23 bits per heavy atom. The van der Waals surface area contributed by atoms with E-state index in [4.69, 9.17) is 0 Å². The Balaban J connectivity index is 1.49. The lowest BCUT2D eigenvalue weighted by molar-refractivity contribution is -0.384. The van der Waals surface area contributed by atoms with E-state index >= 15 is 0 Å². The summed E-state index contributed by atoms with van der Waals surface area (Å²) in [6.45, 7) is 3.81. The predicted octanol–water partition coefficient (Wildman–Crippen LogP) is 6.82. The zero-order valence-electron chi connectivity index (χ0n) is 23.6. The van der Waals surface area contributed by atoms with Crippen LogP contribution < -0.4 is 16.0 Å². The highest BCUT2D eigenvalue weighted by Gasteiger charge is 2.20. The van der Waals surface area contributed by atoms with Gasteiger partial charge in [-0.3, -0.25) is 24.5 Å². The molecule has 0 aliphatic carbocycles. The number of nitro groups is 1. The molecule has 3 N–H and O–H groups in total. The van der Waals surface area contributed by atoms with Gasteiger partial charge in [0.1, 0.15) is 5.70 Å². The number of nitrogens with one attached hydrogen (secondary N) is 3. The number of anilines is 2. The first-order chi connectivity index (χ1) is 20.7. The van der Waals surface area contributed by atoms with Gasteiger partial charge in [0.25, 0.3) is 17.5 Å². The number of benzene rings is 4. The van der Waals surface area contributed by atoms with Crippen LogP contribution in [0.4, 0.5) is 17.1 Å². The van der Waals surface area contributed by atoms with Crippen LogP contribution in [0.3, 0.4) is 0 Å². The summed E-state index contributed by atoms with van der Waals surface area (Å²) < 4.78 is 0. The highest BCUT2D eigenvalue weighted by molar-refractivity contribution is 8.00. The SMILES string of the molecule is CCC(Sc1cccc(NC(=O)/C(=C/c2ccccc2C)NC(=O)c2ccccc2)c1)C(=O)Nc1ccc([N+](=O)[O-])cc1. The van der Waals surface area contributed by atoms with Gasteiger partial charge < -0.3 is 16.0 Å². The summed E-state index contributed by atoms with van der Waals surface area (Å²) in [6.07, 6.45) is 2.16. The molecule has 0 aliphatic rings. The van der Waals surface area contributed by atoms with Gasteiger partial charge in [0.2, 0.25) is 5.91 Å². The van der Waals surface area contributed by atoms with E-state index in [1.54, 1.807) is 54.6 Å². The fourth-order valence-corrected chi connectivity index (χ4v) is 5.08. The molecule has 0 fully saturated rings. The van der Waals surface area contributed by atoms with E-state index in [-0.39, 0.29) is 17.3 Å². The fraction of sp³-hybridized carbons (Fsp3) is 0.121. The molecule has 0 saturated heterocycles. The van der Waals surface area contributed by atoms with E-state index < -0.39 is 22.0 Å². The Labute approximate surface area is 253 Å². The summed E-state index contributed by atoms with van der Waals surface area (Å²) in [5, 5.41) is 18.8. The van der Waals surface area contributed by atoms with Crippen LogP contribution >= 0.6 is 11.8 Å². The lowest BCUT2D eigenvalue weighted by Gasteiger charge is -2.16. The van der Waals surface area contributed by atoms with Crippen molar-refractivity contribution in [2.24, 2.45) is 0 Å². The predicted molar refractivity (Wildman–Crippen MR) is 170 cm³/mol. The molecule has 0 saturated carbocycles. The highest BCUT2D eigenvalue weighted by Crippen LogP contribution is 2.29. The number of carbonyl (C=O) groups is 3. The van der Waals surface area contributed by atoms with Crippen molar-refractivity contribution in [1.82, 2.24) is 5.32 Å². The third kappa shape index (κ3) is 8.64. The van der Waals surface area contributed by atoms with Crippen molar-refractivity contribution in [3.05, 3.63) is 136 Å². The monoisotopic (exact) mass is 594 g/mol. The lowest BCUT2D eigenvalue weighted by Crippen LogP contribution is -2.30. The first kappa shape index (κ1) is 30.7. The smallest absolute Gasteiger partial charge is 0.272 e. The molecule has 0 aromatic heterocycles. The van der Waals surface area contributed by atoms with Crippen LogP contribution in [-0.2, 0) is 9.59 Å². The maximum atomic E-state index is 13.5. The average molecular weight is 595 g/mol. The van der Waals surface area contributed by atoms with Crippen molar-refractivity contribution in [1.29, 1.82) is 0 Å². The summed E-state index contributed by atoms with van der Waals surface area (Å²) in [6, 6.07) is 28.9. The Bertz CT molecular complexity index is 1660. The van der Waals surface area contributed by atoms with Crippen molar-refractivity contribution in [3.8, 4) is 0 Å². The summed E-state index contributed by atoms with van der Waals surface area (Å²) in [7, 11) is 0. The number of hydrogen-bond donors (Lipinski definition) is 3. The van der Waals surface area contributed by atoms with E-state index in [1.807, 2.05) is 44.2 Å². The van der Waals surface area contributed by atoms with E-state index in [0.717, 1.165) is 16.0 Å². The van der Waals surface area contributed by atoms with Crippen molar-refractivity contribution < 1.29 is 19.3 Å². The number of rotatable bonds is 11. The molecule has 4 rings (SSSR count). The van der Waals surface area contributed by atoms with Crippen LogP contribution in [0.25, 0.3) is 6.08 Å². The lowest BCUT2D eigenvalue weighted by atomic mass is 10.1. The number of nitro benzene ring substituents is 1. The van der Waals surface area contributed by atoms with Crippen molar-refractivity contribution in [3.63, 3.8) is 0 Å². The van der Waals surface area contributed by atoms with Crippen LogP contribution in [-0.4, -0.2) is 27.9 Å². The number of amides is 3. The third-order valence-corrected chi connectivity index (χ3v) is 7.75. The first-order valence-corrected chi connectivity index (χ1v) is 14.4. The minimum absolute atomic E-state index is 0.0604. The van der Waals surface area contributed by atoms with Crippen molar-refractivity contribution in [2.75, 3.05) is 10.6 Å². The van der Waals surface area contributed by atoms with E-state index in [9.17, 15) is 24.5 Å². The summed E-state index contributed by atoms with van der Waals surface area (Å²) in [5.41, 5.74) is 3.12. The third-order valence-electron chi connectivity index (χ3n) is 6.40. The molecule has 1 atom stereocenters. The van der Waals surface area contributed by atoms with Crippen LogP contribution in [0.15, 0.2) is 114 Å². The molecule has 4 aromatic rings. The Morgan fingerprint density at radius 1 is 0.860 bits per heavy atom. The number of aryl methyl sites for hydroxylation is 1. The minimum atomic E-state index is -0.502. The zero-order chi connectivity index (χ0) is 30.8. The van der Waals surface area contributed by atoms with Crippen molar-refractivity contribution >= 4 is 52.6 Å². The Kier molecular flexibility index (Phi) is 10.4. The molecule has 9 nitrogen and oxygen atoms in total. The second-order valence-electron chi connectivity index (χ2n) is 9.52.